The lowest BCUT2D eigenvalue weighted by Gasteiger charge is -2.31. The number of hydrazine groups is 1. The van der Waals surface area contributed by atoms with E-state index in [9.17, 15) is 4.79 Å². The topological polar surface area (TPSA) is 49.6 Å². The Bertz CT molecular complexity index is 393. The summed E-state index contributed by atoms with van der Waals surface area (Å²) in [4.78, 5) is 12.2. The van der Waals surface area contributed by atoms with Gasteiger partial charge < -0.3 is 5.73 Å². The third-order valence-corrected chi connectivity index (χ3v) is 3.39. The van der Waals surface area contributed by atoms with Crippen molar-refractivity contribution in [2.24, 2.45) is 5.73 Å². The van der Waals surface area contributed by atoms with E-state index in [4.69, 9.17) is 5.73 Å². The number of carbonyl (C=O) groups excluding carboxylic acids is 1. The lowest BCUT2D eigenvalue weighted by molar-refractivity contribution is -0.118. The zero-order chi connectivity index (χ0) is 13.0. The van der Waals surface area contributed by atoms with Crippen LogP contribution in [0.5, 0.6) is 0 Å². The van der Waals surface area contributed by atoms with Crippen molar-refractivity contribution in [3.63, 3.8) is 0 Å². The van der Waals surface area contributed by atoms with Gasteiger partial charge >= 0.3 is 0 Å². The van der Waals surface area contributed by atoms with Gasteiger partial charge in [-0.1, -0.05) is 25.1 Å². The molecular formula is C14H21N3O. The van der Waals surface area contributed by atoms with Gasteiger partial charge in [0.25, 0.3) is 0 Å². The van der Waals surface area contributed by atoms with Crippen LogP contribution < -0.4 is 10.7 Å². The number of hydrogen-bond donors (Lipinski definition) is 1. The smallest absolute Gasteiger partial charge is 0.243 e. The summed E-state index contributed by atoms with van der Waals surface area (Å²) in [7, 11) is 0. The van der Waals surface area contributed by atoms with E-state index in [0.717, 1.165) is 25.1 Å². The first-order valence-corrected chi connectivity index (χ1v) is 6.62. The van der Waals surface area contributed by atoms with E-state index in [-0.39, 0.29) is 5.91 Å². The highest BCUT2D eigenvalue weighted by Crippen LogP contribution is 2.28. The number of nitrogens with zero attached hydrogens (tertiary/aromatic N) is 2. The molecule has 1 aromatic rings. The highest BCUT2D eigenvalue weighted by Gasteiger charge is 2.36. The summed E-state index contributed by atoms with van der Waals surface area (Å²) in [5.74, 6) is 0.185. The van der Waals surface area contributed by atoms with Crippen LogP contribution in [-0.4, -0.2) is 30.0 Å². The average molecular weight is 247 g/mol. The molecule has 1 atom stereocenters. The minimum absolute atomic E-state index is 0.185. The maximum atomic E-state index is 12.2. The van der Waals surface area contributed by atoms with Crippen LogP contribution in [0.1, 0.15) is 26.2 Å². The molecule has 4 heteroatoms. The Morgan fingerprint density at radius 3 is 2.67 bits per heavy atom. The Labute approximate surface area is 108 Å². The summed E-state index contributed by atoms with van der Waals surface area (Å²) < 4.78 is 0. The molecule has 0 aliphatic carbocycles. The predicted octanol–water partition coefficient (Wildman–Crippen LogP) is 1.77. The third kappa shape index (κ3) is 2.54. The zero-order valence-corrected chi connectivity index (χ0v) is 10.9. The molecule has 1 heterocycles. The van der Waals surface area contributed by atoms with E-state index < -0.39 is 0 Å². The SMILES string of the molecule is CCC1CC(=O)N(c2ccccc2)N1CCCN. The average Bonchev–Trinajstić information content (AvgIpc) is 2.73. The fourth-order valence-electron chi connectivity index (χ4n) is 2.45. The number of amides is 1. The molecule has 1 amide bonds. The molecule has 0 spiro atoms. The number of hydrogen-bond acceptors (Lipinski definition) is 3. The highest BCUT2D eigenvalue weighted by molar-refractivity contribution is 5.94. The molecule has 98 valence electrons. The van der Waals surface area contributed by atoms with Crippen LogP contribution in [0.15, 0.2) is 30.3 Å². The Balaban J connectivity index is 2.22. The number of para-hydroxylation sites is 1. The summed E-state index contributed by atoms with van der Waals surface area (Å²) in [6.07, 6.45) is 2.50. The van der Waals surface area contributed by atoms with Gasteiger partial charge in [0.05, 0.1) is 5.69 Å². The molecule has 0 radical (unpaired) electrons. The van der Waals surface area contributed by atoms with Crippen molar-refractivity contribution >= 4 is 11.6 Å². The monoisotopic (exact) mass is 247 g/mol. The first-order chi connectivity index (χ1) is 8.77. The van der Waals surface area contributed by atoms with Crippen molar-refractivity contribution in [3.05, 3.63) is 30.3 Å². The number of carbonyl (C=O) groups is 1. The van der Waals surface area contributed by atoms with E-state index in [1.165, 1.54) is 0 Å². The van der Waals surface area contributed by atoms with Crippen molar-refractivity contribution in [3.8, 4) is 0 Å². The summed E-state index contributed by atoms with van der Waals surface area (Å²) in [6.45, 7) is 3.63. The maximum absolute atomic E-state index is 12.2. The van der Waals surface area contributed by atoms with Crippen LogP contribution in [0.4, 0.5) is 5.69 Å². The van der Waals surface area contributed by atoms with Crippen LogP contribution in [0.25, 0.3) is 0 Å². The molecule has 1 aliphatic heterocycles. The molecule has 18 heavy (non-hydrogen) atoms. The summed E-state index contributed by atoms with van der Waals surface area (Å²) in [6, 6.07) is 10.2. The van der Waals surface area contributed by atoms with Crippen molar-refractivity contribution in [1.29, 1.82) is 0 Å². The van der Waals surface area contributed by atoms with Gasteiger partial charge in [-0.2, -0.15) is 0 Å². The third-order valence-electron chi connectivity index (χ3n) is 3.39. The number of rotatable bonds is 5. The quantitative estimate of drug-likeness (QED) is 0.862. The fourth-order valence-corrected chi connectivity index (χ4v) is 2.45. The zero-order valence-electron chi connectivity index (χ0n) is 10.9. The Morgan fingerprint density at radius 1 is 1.33 bits per heavy atom. The fraction of sp³-hybridized carbons (Fsp3) is 0.500. The largest absolute Gasteiger partial charge is 0.330 e. The second kappa shape index (κ2) is 5.98. The molecule has 1 fully saturated rings. The maximum Gasteiger partial charge on any atom is 0.243 e. The number of benzene rings is 1. The van der Waals surface area contributed by atoms with Crippen LogP contribution in [0.3, 0.4) is 0 Å². The summed E-state index contributed by atoms with van der Waals surface area (Å²) in [5.41, 5.74) is 6.54. The molecule has 2 rings (SSSR count). The molecule has 1 saturated heterocycles. The molecule has 0 saturated carbocycles. The minimum atomic E-state index is 0.185. The molecule has 1 aromatic carbocycles. The molecule has 4 nitrogen and oxygen atoms in total. The van der Waals surface area contributed by atoms with Gasteiger partial charge in [-0.15, -0.1) is 0 Å². The summed E-state index contributed by atoms with van der Waals surface area (Å²) >= 11 is 0. The predicted molar refractivity (Wildman–Crippen MR) is 73.0 cm³/mol. The van der Waals surface area contributed by atoms with E-state index in [1.54, 1.807) is 0 Å². The van der Waals surface area contributed by atoms with Gasteiger partial charge in [-0.05, 0) is 31.5 Å². The van der Waals surface area contributed by atoms with E-state index in [2.05, 4.69) is 11.9 Å². The number of anilines is 1. The lowest BCUT2D eigenvalue weighted by atomic mass is 10.1. The second-order valence-corrected chi connectivity index (χ2v) is 4.61. The molecule has 1 unspecified atom stereocenters. The van der Waals surface area contributed by atoms with Gasteiger partial charge in [-0.25, -0.2) is 10.0 Å². The van der Waals surface area contributed by atoms with Crippen molar-refractivity contribution < 1.29 is 4.79 Å². The van der Waals surface area contributed by atoms with E-state index in [1.807, 2.05) is 35.3 Å². The van der Waals surface area contributed by atoms with Gasteiger partial charge in [0.2, 0.25) is 5.91 Å². The molecule has 1 aliphatic rings. The molecular weight excluding hydrogens is 226 g/mol. The van der Waals surface area contributed by atoms with Crippen LogP contribution in [0, 0.1) is 0 Å². The Morgan fingerprint density at radius 2 is 2.06 bits per heavy atom. The first-order valence-electron chi connectivity index (χ1n) is 6.62. The van der Waals surface area contributed by atoms with Gasteiger partial charge in [0, 0.05) is 19.0 Å². The van der Waals surface area contributed by atoms with E-state index in [0.29, 0.717) is 19.0 Å². The van der Waals surface area contributed by atoms with Crippen molar-refractivity contribution in [2.45, 2.75) is 32.2 Å². The van der Waals surface area contributed by atoms with Crippen LogP contribution >= 0.6 is 0 Å². The minimum Gasteiger partial charge on any atom is -0.330 e. The number of nitrogens with two attached hydrogens (primary N) is 1. The summed E-state index contributed by atoms with van der Waals surface area (Å²) in [5, 5.41) is 3.99. The van der Waals surface area contributed by atoms with Crippen LogP contribution in [-0.2, 0) is 4.79 Å². The highest BCUT2D eigenvalue weighted by atomic mass is 16.2. The van der Waals surface area contributed by atoms with Gasteiger partial charge in [-0.3, -0.25) is 4.79 Å². The molecule has 0 aromatic heterocycles. The van der Waals surface area contributed by atoms with Gasteiger partial charge in [0.1, 0.15) is 0 Å². The van der Waals surface area contributed by atoms with E-state index >= 15 is 0 Å². The Hall–Kier alpha value is -1.39. The standard InChI is InChI=1S/C14H21N3O/c1-2-12-11-14(18)17(16(12)10-6-9-15)13-7-4-3-5-8-13/h3-5,7-8,12H,2,6,9-11,15H2,1H3. The molecule has 0 bridgehead atoms. The van der Waals surface area contributed by atoms with Crippen molar-refractivity contribution in [1.82, 2.24) is 5.01 Å². The van der Waals surface area contributed by atoms with Crippen molar-refractivity contribution in [2.75, 3.05) is 18.1 Å². The first kappa shape index (κ1) is 13.1. The Kier molecular flexibility index (Phi) is 4.33. The normalized spacial score (nSPS) is 20.7. The lowest BCUT2D eigenvalue weighted by Crippen LogP contribution is -2.43. The second-order valence-electron chi connectivity index (χ2n) is 4.61. The van der Waals surface area contributed by atoms with Crippen LogP contribution in [0.2, 0.25) is 0 Å². The molecule has 2 N–H and O–H groups in total. The van der Waals surface area contributed by atoms with Gasteiger partial charge in [0.15, 0.2) is 0 Å².